The number of nitrogens with two attached hydrogens (primary N) is 1. The average Bonchev–Trinajstić information content (AvgIpc) is 2.83. The summed E-state index contributed by atoms with van der Waals surface area (Å²) < 4.78 is 0. The number of hydrogen-bond donors (Lipinski definition) is 1. The van der Waals surface area contributed by atoms with Crippen LogP contribution in [-0.4, -0.2) is 55.6 Å². The molecule has 3 nitrogen and oxygen atoms in total. The molecule has 3 unspecified atom stereocenters. The Morgan fingerprint density at radius 2 is 2.06 bits per heavy atom. The predicted molar refractivity (Wildman–Crippen MR) is 68.5 cm³/mol. The van der Waals surface area contributed by atoms with Gasteiger partial charge >= 0.3 is 0 Å². The summed E-state index contributed by atoms with van der Waals surface area (Å²) in [4.78, 5) is 4.98. The molecule has 0 aromatic carbocycles. The van der Waals surface area contributed by atoms with Gasteiger partial charge in [0, 0.05) is 18.6 Å². The molecule has 1 aliphatic heterocycles. The fraction of sp³-hybridized carbons (Fsp3) is 1.00. The molecule has 1 saturated heterocycles. The Bertz CT molecular complexity index is 217. The predicted octanol–water partition coefficient (Wildman–Crippen LogP) is 1.14. The summed E-state index contributed by atoms with van der Waals surface area (Å²) in [5.41, 5.74) is 6.11. The van der Waals surface area contributed by atoms with E-state index in [-0.39, 0.29) is 0 Å². The van der Waals surface area contributed by atoms with Crippen molar-refractivity contribution in [2.75, 3.05) is 33.7 Å². The zero-order valence-corrected chi connectivity index (χ0v) is 10.9. The zero-order chi connectivity index (χ0) is 11.5. The van der Waals surface area contributed by atoms with E-state index in [1.54, 1.807) is 0 Å². The highest BCUT2D eigenvalue weighted by atomic mass is 15.2. The summed E-state index contributed by atoms with van der Waals surface area (Å²) in [6.07, 6.45) is 6.63. The van der Waals surface area contributed by atoms with Gasteiger partial charge in [0.25, 0.3) is 0 Å². The highest BCUT2D eigenvalue weighted by molar-refractivity contribution is 4.84. The van der Waals surface area contributed by atoms with Gasteiger partial charge < -0.3 is 15.5 Å². The van der Waals surface area contributed by atoms with Gasteiger partial charge in [-0.05, 0) is 58.8 Å². The Morgan fingerprint density at radius 3 is 2.62 bits per heavy atom. The molecule has 2 aliphatic rings. The third-order valence-electron chi connectivity index (χ3n) is 4.51. The molecular weight excluding hydrogens is 198 g/mol. The maximum Gasteiger partial charge on any atom is 0.0229 e. The van der Waals surface area contributed by atoms with E-state index >= 15 is 0 Å². The van der Waals surface area contributed by atoms with Crippen LogP contribution in [0.1, 0.15) is 32.1 Å². The van der Waals surface area contributed by atoms with Crippen LogP contribution in [0.25, 0.3) is 0 Å². The summed E-state index contributed by atoms with van der Waals surface area (Å²) in [5.74, 6) is 0.804. The lowest BCUT2D eigenvalue weighted by Gasteiger charge is -2.22. The lowest BCUT2D eigenvalue weighted by Crippen LogP contribution is -2.33. The number of likely N-dealkylation sites (N-methyl/N-ethyl adjacent to an activating group) is 1. The minimum Gasteiger partial charge on any atom is -0.327 e. The first-order chi connectivity index (χ1) is 7.66. The van der Waals surface area contributed by atoms with E-state index in [1.165, 1.54) is 51.7 Å². The van der Waals surface area contributed by atoms with Crippen molar-refractivity contribution in [1.29, 1.82) is 0 Å². The van der Waals surface area contributed by atoms with Crippen molar-refractivity contribution in [3.05, 3.63) is 0 Å². The van der Waals surface area contributed by atoms with Gasteiger partial charge in [-0.15, -0.1) is 0 Å². The largest absolute Gasteiger partial charge is 0.327 e. The van der Waals surface area contributed by atoms with E-state index in [2.05, 4.69) is 23.9 Å². The smallest absolute Gasteiger partial charge is 0.0229 e. The topological polar surface area (TPSA) is 32.5 Å². The monoisotopic (exact) mass is 225 g/mol. The van der Waals surface area contributed by atoms with Crippen LogP contribution < -0.4 is 5.73 Å². The van der Waals surface area contributed by atoms with Crippen molar-refractivity contribution in [1.82, 2.24) is 9.80 Å². The van der Waals surface area contributed by atoms with E-state index < -0.39 is 0 Å². The van der Waals surface area contributed by atoms with E-state index in [4.69, 9.17) is 5.73 Å². The Kier molecular flexibility index (Phi) is 4.22. The second-order valence-electron chi connectivity index (χ2n) is 5.85. The molecule has 0 aromatic rings. The highest BCUT2D eigenvalue weighted by Gasteiger charge is 2.27. The van der Waals surface area contributed by atoms with Gasteiger partial charge in [0.15, 0.2) is 0 Å². The van der Waals surface area contributed by atoms with Crippen molar-refractivity contribution in [2.45, 2.75) is 44.2 Å². The fourth-order valence-electron chi connectivity index (χ4n) is 3.21. The van der Waals surface area contributed by atoms with Crippen LogP contribution in [0.15, 0.2) is 0 Å². The van der Waals surface area contributed by atoms with Crippen LogP contribution in [0.2, 0.25) is 0 Å². The standard InChI is InChI=1S/C13H27N3/c1-15(2)12-7-9-16(10-12)8-6-11-4-3-5-13(11)14/h11-13H,3-10,14H2,1-2H3. The number of hydrogen-bond acceptors (Lipinski definition) is 3. The fourth-order valence-corrected chi connectivity index (χ4v) is 3.21. The van der Waals surface area contributed by atoms with E-state index in [1.807, 2.05) is 0 Å². The lowest BCUT2D eigenvalue weighted by molar-refractivity contribution is 0.253. The maximum atomic E-state index is 6.11. The molecule has 94 valence electrons. The molecule has 1 aliphatic carbocycles. The highest BCUT2D eigenvalue weighted by Crippen LogP contribution is 2.27. The molecule has 3 heteroatoms. The van der Waals surface area contributed by atoms with Crippen LogP contribution in [-0.2, 0) is 0 Å². The molecule has 2 rings (SSSR count). The number of likely N-dealkylation sites (tertiary alicyclic amines) is 1. The van der Waals surface area contributed by atoms with Gasteiger partial charge in [-0.2, -0.15) is 0 Å². The second kappa shape index (κ2) is 5.48. The van der Waals surface area contributed by atoms with Gasteiger partial charge in [-0.25, -0.2) is 0 Å². The SMILES string of the molecule is CN(C)C1CCN(CCC2CCCC2N)C1. The molecule has 3 atom stereocenters. The molecule has 0 aromatic heterocycles. The number of rotatable bonds is 4. The van der Waals surface area contributed by atoms with Gasteiger partial charge in [0.05, 0.1) is 0 Å². The first-order valence-corrected chi connectivity index (χ1v) is 6.81. The van der Waals surface area contributed by atoms with E-state index in [0.29, 0.717) is 6.04 Å². The zero-order valence-electron chi connectivity index (χ0n) is 10.9. The molecular formula is C13H27N3. The minimum atomic E-state index is 0.493. The molecule has 16 heavy (non-hydrogen) atoms. The van der Waals surface area contributed by atoms with Crippen molar-refractivity contribution in [3.63, 3.8) is 0 Å². The third-order valence-corrected chi connectivity index (χ3v) is 4.51. The van der Waals surface area contributed by atoms with Crippen LogP contribution in [0, 0.1) is 5.92 Å². The minimum absolute atomic E-state index is 0.493. The molecule has 0 spiro atoms. The van der Waals surface area contributed by atoms with Gasteiger partial charge in [0.2, 0.25) is 0 Å². The maximum absolute atomic E-state index is 6.11. The Hall–Kier alpha value is -0.120. The molecule has 2 fully saturated rings. The van der Waals surface area contributed by atoms with Crippen molar-refractivity contribution >= 4 is 0 Å². The van der Waals surface area contributed by atoms with Gasteiger partial charge in [0.1, 0.15) is 0 Å². The lowest BCUT2D eigenvalue weighted by atomic mass is 10.0. The summed E-state index contributed by atoms with van der Waals surface area (Å²) in [7, 11) is 4.39. The molecule has 0 amide bonds. The van der Waals surface area contributed by atoms with Gasteiger partial charge in [-0.1, -0.05) is 6.42 Å². The first kappa shape index (κ1) is 12.3. The quantitative estimate of drug-likeness (QED) is 0.779. The van der Waals surface area contributed by atoms with Crippen molar-refractivity contribution < 1.29 is 0 Å². The molecule has 1 heterocycles. The van der Waals surface area contributed by atoms with Crippen molar-refractivity contribution in [2.24, 2.45) is 11.7 Å². The summed E-state index contributed by atoms with van der Waals surface area (Å²) in [6, 6.07) is 1.27. The Balaban J connectivity index is 1.67. The second-order valence-corrected chi connectivity index (χ2v) is 5.85. The van der Waals surface area contributed by atoms with Crippen LogP contribution in [0.5, 0.6) is 0 Å². The summed E-state index contributed by atoms with van der Waals surface area (Å²) in [5, 5.41) is 0. The molecule has 0 radical (unpaired) electrons. The van der Waals surface area contributed by atoms with Crippen LogP contribution in [0.3, 0.4) is 0 Å². The van der Waals surface area contributed by atoms with Gasteiger partial charge in [-0.3, -0.25) is 0 Å². The van der Waals surface area contributed by atoms with Crippen LogP contribution in [0.4, 0.5) is 0 Å². The third kappa shape index (κ3) is 2.96. The Morgan fingerprint density at radius 1 is 1.25 bits per heavy atom. The van der Waals surface area contributed by atoms with E-state index in [9.17, 15) is 0 Å². The average molecular weight is 225 g/mol. The normalized spacial score (nSPS) is 36.4. The Labute approximate surface area is 100.0 Å². The molecule has 0 bridgehead atoms. The summed E-state index contributed by atoms with van der Waals surface area (Å²) >= 11 is 0. The van der Waals surface area contributed by atoms with E-state index in [0.717, 1.165) is 12.0 Å². The molecule has 1 saturated carbocycles. The summed E-state index contributed by atoms with van der Waals surface area (Å²) in [6.45, 7) is 3.81. The van der Waals surface area contributed by atoms with Crippen molar-refractivity contribution in [3.8, 4) is 0 Å². The number of nitrogens with zero attached hydrogens (tertiary/aromatic N) is 2. The molecule has 2 N–H and O–H groups in total. The van der Waals surface area contributed by atoms with Crippen LogP contribution >= 0.6 is 0 Å². The first-order valence-electron chi connectivity index (χ1n) is 6.81.